The molecule has 0 amide bonds. The summed E-state index contributed by atoms with van der Waals surface area (Å²) in [5, 5.41) is 9.20. The van der Waals surface area contributed by atoms with Crippen molar-refractivity contribution in [2.45, 2.75) is 10.3 Å². The molecule has 4 aromatic rings. The quantitative estimate of drug-likeness (QED) is 0.306. The molecule has 0 saturated heterocycles. The van der Waals surface area contributed by atoms with E-state index in [-0.39, 0.29) is 6.61 Å². The zero-order chi connectivity index (χ0) is 22.7. The number of aliphatic hydroxyl groups is 1. The summed E-state index contributed by atoms with van der Waals surface area (Å²) in [6.45, 7) is 1.17. The summed E-state index contributed by atoms with van der Waals surface area (Å²) in [4.78, 5) is 1.16. The number of thioether (sulfide) groups is 1. The fraction of sp³-hybridized carbons (Fsp3) is 0.172. The summed E-state index contributed by atoms with van der Waals surface area (Å²) in [5.41, 5.74) is 12.8. The maximum absolute atomic E-state index is 9.20. The molecular weight excluding hydrogens is 426 g/mol. The highest BCUT2D eigenvalue weighted by atomic mass is 32.2. The highest BCUT2D eigenvalue weighted by Crippen LogP contribution is 2.56. The van der Waals surface area contributed by atoms with Crippen LogP contribution in [0.1, 0.15) is 22.3 Å². The van der Waals surface area contributed by atoms with Gasteiger partial charge in [0.15, 0.2) is 0 Å². The lowest BCUT2D eigenvalue weighted by Crippen LogP contribution is -2.28. The molecule has 0 radical (unpaired) electrons. The van der Waals surface area contributed by atoms with Crippen LogP contribution >= 0.6 is 11.8 Å². The van der Waals surface area contributed by atoms with E-state index < -0.39 is 5.41 Å². The molecule has 0 aliphatic heterocycles. The monoisotopic (exact) mass is 453 g/mol. The van der Waals surface area contributed by atoms with Crippen molar-refractivity contribution in [2.75, 3.05) is 25.5 Å². The number of ether oxygens (including phenoxy) is 1. The highest BCUT2D eigenvalue weighted by Gasteiger charge is 2.45. The third kappa shape index (κ3) is 3.74. The van der Waals surface area contributed by atoms with Crippen molar-refractivity contribution in [1.29, 1.82) is 0 Å². The Morgan fingerprint density at radius 1 is 0.727 bits per heavy atom. The smallest absolute Gasteiger partial charge is 0.119 e. The molecule has 4 aromatic carbocycles. The van der Waals surface area contributed by atoms with Gasteiger partial charge in [-0.05, 0) is 57.6 Å². The molecule has 0 saturated carbocycles. The normalized spacial score (nSPS) is 13.4. The molecule has 0 bridgehead atoms. The molecule has 0 heterocycles. The van der Waals surface area contributed by atoms with Crippen molar-refractivity contribution in [3.05, 3.63) is 119 Å². The zero-order valence-electron chi connectivity index (χ0n) is 18.4. The summed E-state index contributed by atoms with van der Waals surface area (Å²) in [7, 11) is 0. The molecule has 4 heteroatoms. The van der Waals surface area contributed by atoms with Crippen molar-refractivity contribution in [2.24, 2.45) is 5.73 Å². The van der Waals surface area contributed by atoms with E-state index in [2.05, 4.69) is 84.9 Å². The van der Waals surface area contributed by atoms with Gasteiger partial charge in [0.05, 0.1) is 12.0 Å². The Balaban J connectivity index is 1.72. The van der Waals surface area contributed by atoms with Gasteiger partial charge in [0.25, 0.3) is 0 Å². The van der Waals surface area contributed by atoms with E-state index in [9.17, 15) is 5.11 Å². The summed E-state index contributed by atoms with van der Waals surface area (Å²) >= 11 is 1.67. The Kier molecular flexibility index (Phi) is 6.23. The first-order chi connectivity index (χ1) is 16.3. The molecule has 5 rings (SSSR count). The van der Waals surface area contributed by atoms with Crippen molar-refractivity contribution in [1.82, 2.24) is 0 Å². The molecule has 166 valence electrons. The van der Waals surface area contributed by atoms with Crippen LogP contribution < -0.4 is 10.5 Å². The minimum atomic E-state index is -0.417. The lowest BCUT2D eigenvalue weighted by Gasteiger charge is -2.34. The Morgan fingerprint density at radius 3 is 1.82 bits per heavy atom. The van der Waals surface area contributed by atoms with Crippen molar-refractivity contribution in [3.63, 3.8) is 0 Å². The van der Waals surface area contributed by atoms with E-state index in [0.717, 1.165) is 10.6 Å². The first kappa shape index (κ1) is 21.8. The van der Waals surface area contributed by atoms with Gasteiger partial charge >= 0.3 is 0 Å². The first-order valence-electron chi connectivity index (χ1n) is 11.3. The standard InChI is InChI=1S/C29H27NO2S/c30-17-19-32-23-13-9-21(10-14-23)29(22-11-15-24(16-12-22)33-20-18-31)27-7-3-1-5-25(27)26-6-2-4-8-28(26)29/h1-16,31H,17-20,30H2. The van der Waals surface area contributed by atoms with E-state index in [0.29, 0.717) is 18.9 Å². The number of fused-ring (bicyclic) bond motifs is 3. The van der Waals surface area contributed by atoms with Crippen LogP contribution in [0.15, 0.2) is 102 Å². The Morgan fingerprint density at radius 2 is 1.27 bits per heavy atom. The van der Waals surface area contributed by atoms with Gasteiger partial charge < -0.3 is 15.6 Å². The Labute approximate surface area is 199 Å². The summed E-state index contributed by atoms with van der Waals surface area (Å²) in [6, 6.07) is 34.7. The van der Waals surface area contributed by atoms with Crippen LogP contribution in [-0.2, 0) is 5.41 Å². The Hall–Kier alpha value is -3.05. The summed E-state index contributed by atoms with van der Waals surface area (Å²) < 4.78 is 5.76. The van der Waals surface area contributed by atoms with Crippen LogP contribution in [0.25, 0.3) is 11.1 Å². The van der Waals surface area contributed by atoms with E-state index >= 15 is 0 Å². The summed E-state index contributed by atoms with van der Waals surface area (Å²) in [6.07, 6.45) is 0. The zero-order valence-corrected chi connectivity index (χ0v) is 19.2. The van der Waals surface area contributed by atoms with Gasteiger partial charge in [-0.2, -0.15) is 0 Å². The van der Waals surface area contributed by atoms with Gasteiger partial charge in [0, 0.05) is 17.2 Å². The number of nitrogens with two attached hydrogens (primary N) is 1. The molecule has 1 aliphatic carbocycles. The van der Waals surface area contributed by atoms with Gasteiger partial charge in [0.1, 0.15) is 12.4 Å². The van der Waals surface area contributed by atoms with Gasteiger partial charge in [-0.1, -0.05) is 72.8 Å². The second-order valence-corrected chi connectivity index (χ2v) is 9.27. The average molecular weight is 454 g/mol. The second kappa shape index (κ2) is 9.44. The van der Waals surface area contributed by atoms with E-state index in [1.807, 2.05) is 12.1 Å². The predicted octanol–water partition coefficient (Wildman–Crippen LogP) is 5.47. The molecule has 0 atom stereocenters. The van der Waals surface area contributed by atoms with E-state index in [1.165, 1.54) is 33.4 Å². The molecule has 0 aromatic heterocycles. The topological polar surface area (TPSA) is 55.5 Å². The molecular formula is C29H27NO2S. The number of benzene rings is 4. The first-order valence-corrected chi connectivity index (χ1v) is 12.2. The molecule has 33 heavy (non-hydrogen) atoms. The molecule has 3 N–H and O–H groups in total. The third-order valence-electron chi connectivity index (χ3n) is 6.27. The van der Waals surface area contributed by atoms with E-state index in [4.69, 9.17) is 10.5 Å². The lowest BCUT2D eigenvalue weighted by molar-refractivity contribution is 0.322. The number of aliphatic hydroxyl groups excluding tert-OH is 1. The van der Waals surface area contributed by atoms with Gasteiger partial charge in [-0.25, -0.2) is 0 Å². The SMILES string of the molecule is NCCOc1ccc(C2(c3ccc(SCCO)cc3)c3ccccc3-c3ccccc32)cc1. The van der Waals surface area contributed by atoms with Crippen LogP contribution in [-0.4, -0.2) is 30.6 Å². The summed E-state index contributed by atoms with van der Waals surface area (Å²) in [5.74, 6) is 1.52. The molecule has 0 fully saturated rings. The van der Waals surface area contributed by atoms with Crippen molar-refractivity contribution in [3.8, 4) is 16.9 Å². The van der Waals surface area contributed by atoms with Crippen molar-refractivity contribution < 1.29 is 9.84 Å². The van der Waals surface area contributed by atoms with Gasteiger partial charge in [-0.3, -0.25) is 0 Å². The predicted molar refractivity (Wildman–Crippen MR) is 136 cm³/mol. The number of hydrogen-bond acceptors (Lipinski definition) is 4. The Bertz CT molecular complexity index is 1140. The van der Waals surface area contributed by atoms with Crippen LogP contribution in [0, 0.1) is 0 Å². The average Bonchev–Trinajstić information content (AvgIpc) is 3.18. The minimum Gasteiger partial charge on any atom is -0.492 e. The highest BCUT2D eigenvalue weighted by molar-refractivity contribution is 7.99. The third-order valence-corrected chi connectivity index (χ3v) is 7.27. The number of hydrogen-bond donors (Lipinski definition) is 2. The number of rotatable bonds is 8. The van der Waals surface area contributed by atoms with E-state index in [1.54, 1.807) is 11.8 Å². The fourth-order valence-corrected chi connectivity index (χ4v) is 5.62. The minimum absolute atomic E-state index is 0.176. The van der Waals surface area contributed by atoms with Crippen LogP contribution in [0.3, 0.4) is 0 Å². The van der Waals surface area contributed by atoms with Crippen LogP contribution in [0.5, 0.6) is 5.75 Å². The molecule has 1 aliphatic rings. The second-order valence-electron chi connectivity index (χ2n) is 8.10. The van der Waals surface area contributed by atoms with Gasteiger partial charge in [-0.15, -0.1) is 11.8 Å². The van der Waals surface area contributed by atoms with Crippen LogP contribution in [0.4, 0.5) is 0 Å². The lowest BCUT2D eigenvalue weighted by atomic mass is 9.68. The molecule has 0 unspecified atom stereocenters. The van der Waals surface area contributed by atoms with Crippen LogP contribution in [0.2, 0.25) is 0 Å². The molecule has 3 nitrogen and oxygen atoms in total. The fourth-order valence-electron chi connectivity index (χ4n) is 4.97. The largest absolute Gasteiger partial charge is 0.492 e. The maximum Gasteiger partial charge on any atom is 0.119 e. The maximum atomic E-state index is 9.20. The van der Waals surface area contributed by atoms with Gasteiger partial charge in [0.2, 0.25) is 0 Å². The van der Waals surface area contributed by atoms with Crippen molar-refractivity contribution >= 4 is 11.8 Å². The molecule has 0 spiro atoms.